The summed E-state index contributed by atoms with van der Waals surface area (Å²) in [4.78, 5) is 27.4. The molecule has 0 saturated carbocycles. The molecule has 3 aromatic carbocycles. The SMILES string of the molecule is CC(=O)c1cccc(C(C)C(=O)OC(c2ccccc2)c2ccc(N=[N+]=[N-])cc2)c1. The number of Topliss-reactive ketones (excluding diaryl/α,β-unsaturated/α-hetero) is 1. The van der Waals surface area contributed by atoms with Crippen LogP contribution < -0.4 is 0 Å². The zero-order chi connectivity index (χ0) is 21.5. The van der Waals surface area contributed by atoms with Gasteiger partial charge in [-0.25, -0.2) is 0 Å². The fourth-order valence-electron chi connectivity index (χ4n) is 3.11. The molecule has 30 heavy (non-hydrogen) atoms. The Bertz CT molecular complexity index is 1090. The number of rotatable bonds is 7. The summed E-state index contributed by atoms with van der Waals surface area (Å²) in [5.74, 6) is -0.999. The van der Waals surface area contributed by atoms with Crippen LogP contribution in [0.1, 0.15) is 52.9 Å². The highest BCUT2D eigenvalue weighted by molar-refractivity contribution is 5.94. The Morgan fingerprint density at radius 1 is 0.900 bits per heavy atom. The number of ketones is 1. The quantitative estimate of drug-likeness (QED) is 0.154. The molecule has 6 heteroatoms. The summed E-state index contributed by atoms with van der Waals surface area (Å²) >= 11 is 0. The first-order chi connectivity index (χ1) is 14.5. The van der Waals surface area contributed by atoms with Crippen molar-refractivity contribution in [2.45, 2.75) is 25.9 Å². The summed E-state index contributed by atoms with van der Waals surface area (Å²) in [5, 5.41) is 3.58. The van der Waals surface area contributed by atoms with E-state index in [1.54, 1.807) is 49.4 Å². The second-order valence-electron chi connectivity index (χ2n) is 6.91. The van der Waals surface area contributed by atoms with E-state index in [1.807, 2.05) is 36.4 Å². The fourth-order valence-corrected chi connectivity index (χ4v) is 3.11. The van der Waals surface area contributed by atoms with Crippen LogP contribution in [0.3, 0.4) is 0 Å². The van der Waals surface area contributed by atoms with Crippen molar-refractivity contribution in [3.63, 3.8) is 0 Å². The van der Waals surface area contributed by atoms with Gasteiger partial charge in [-0.2, -0.15) is 0 Å². The van der Waals surface area contributed by atoms with Crippen LogP contribution in [0.4, 0.5) is 5.69 Å². The molecular formula is C24H21N3O3. The van der Waals surface area contributed by atoms with Crippen LogP contribution in [0.5, 0.6) is 0 Å². The molecule has 0 fully saturated rings. The van der Waals surface area contributed by atoms with E-state index in [0.29, 0.717) is 11.3 Å². The molecule has 0 aromatic heterocycles. The number of carbonyl (C=O) groups excluding carboxylic acids is 2. The van der Waals surface area contributed by atoms with Gasteiger partial charge in [-0.05, 0) is 42.1 Å². The van der Waals surface area contributed by atoms with Crippen molar-refractivity contribution in [3.8, 4) is 0 Å². The summed E-state index contributed by atoms with van der Waals surface area (Å²) in [5.41, 5.74) is 11.9. The molecular weight excluding hydrogens is 378 g/mol. The van der Waals surface area contributed by atoms with Gasteiger partial charge in [-0.3, -0.25) is 9.59 Å². The summed E-state index contributed by atoms with van der Waals surface area (Å²) in [7, 11) is 0. The molecule has 0 aliphatic carbocycles. The van der Waals surface area contributed by atoms with Crippen LogP contribution in [-0.4, -0.2) is 11.8 Å². The Morgan fingerprint density at radius 2 is 1.53 bits per heavy atom. The maximum Gasteiger partial charge on any atom is 0.314 e. The zero-order valence-corrected chi connectivity index (χ0v) is 16.7. The third-order valence-corrected chi connectivity index (χ3v) is 4.84. The maximum absolute atomic E-state index is 13.0. The number of esters is 1. The predicted octanol–water partition coefficient (Wildman–Crippen LogP) is 6.27. The van der Waals surface area contributed by atoms with Crippen LogP contribution in [0.25, 0.3) is 10.4 Å². The molecule has 3 rings (SSSR count). The van der Waals surface area contributed by atoms with E-state index >= 15 is 0 Å². The minimum absolute atomic E-state index is 0.0558. The van der Waals surface area contributed by atoms with Crippen molar-refractivity contribution in [3.05, 3.63) is 112 Å². The minimum Gasteiger partial charge on any atom is -0.452 e. The summed E-state index contributed by atoms with van der Waals surface area (Å²) in [6.07, 6.45) is -0.614. The van der Waals surface area contributed by atoms with Gasteiger partial charge in [0.1, 0.15) is 0 Å². The smallest absolute Gasteiger partial charge is 0.314 e. The lowest BCUT2D eigenvalue weighted by Gasteiger charge is -2.21. The van der Waals surface area contributed by atoms with Gasteiger partial charge in [0.25, 0.3) is 0 Å². The average Bonchev–Trinajstić information content (AvgIpc) is 2.78. The van der Waals surface area contributed by atoms with Crippen molar-refractivity contribution in [1.29, 1.82) is 0 Å². The lowest BCUT2D eigenvalue weighted by atomic mass is 9.97. The molecule has 0 spiro atoms. The Balaban J connectivity index is 1.89. The van der Waals surface area contributed by atoms with Gasteiger partial charge in [0.15, 0.2) is 11.9 Å². The second-order valence-corrected chi connectivity index (χ2v) is 6.91. The third-order valence-electron chi connectivity index (χ3n) is 4.84. The Hall–Kier alpha value is -3.89. The largest absolute Gasteiger partial charge is 0.452 e. The number of hydrogen-bond donors (Lipinski definition) is 0. The highest BCUT2D eigenvalue weighted by atomic mass is 16.5. The van der Waals surface area contributed by atoms with Crippen molar-refractivity contribution in [2.24, 2.45) is 5.11 Å². The van der Waals surface area contributed by atoms with Gasteiger partial charge < -0.3 is 4.74 Å². The van der Waals surface area contributed by atoms with Crippen LogP contribution in [-0.2, 0) is 9.53 Å². The van der Waals surface area contributed by atoms with Gasteiger partial charge in [-0.15, -0.1) is 0 Å². The van der Waals surface area contributed by atoms with Gasteiger partial charge in [-0.1, -0.05) is 77.9 Å². The average molecular weight is 399 g/mol. The van der Waals surface area contributed by atoms with Crippen molar-refractivity contribution in [2.75, 3.05) is 0 Å². The molecule has 0 heterocycles. The number of hydrogen-bond acceptors (Lipinski definition) is 4. The van der Waals surface area contributed by atoms with Gasteiger partial charge in [0, 0.05) is 16.2 Å². The van der Waals surface area contributed by atoms with Crippen molar-refractivity contribution < 1.29 is 14.3 Å². The topological polar surface area (TPSA) is 92.1 Å². The van der Waals surface area contributed by atoms with E-state index < -0.39 is 18.0 Å². The molecule has 3 aromatic rings. The first kappa shape index (κ1) is 20.8. The van der Waals surface area contributed by atoms with E-state index in [9.17, 15) is 9.59 Å². The van der Waals surface area contributed by atoms with Gasteiger partial charge in [0.05, 0.1) is 5.92 Å². The molecule has 6 nitrogen and oxygen atoms in total. The predicted molar refractivity (Wildman–Crippen MR) is 114 cm³/mol. The van der Waals surface area contributed by atoms with Crippen LogP contribution in [0.15, 0.2) is 84.0 Å². The molecule has 150 valence electrons. The molecule has 0 radical (unpaired) electrons. The molecule has 0 saturated heterocycles. The number of azide groups is 1. The molecule has 2 atom stereocenters. The summed E-state index contributed by atoms with van der Waals surface area (Å²) < 4.78 is 5.91. The lowest BCUT2D eigenvalue weighted by Crippen LogP contribution is -2.18. The zero-order valence-electron chi connectivity index (χ0n) is 16.7. The molecule has 2 unspecified atom stereocenters. The molecule has 0 amide bonds. The Morgan fingerprint density at radius 3 is 2.17 bits per heavy atom. The molecule has 0 N–H and O–H groups in total. The van der Waals surface area contributed by atoms with E-state index in [-0.39, 0.29) is 5.78 Å². The van der Waals surface area contributed by atoms with E-state index in [4.69, 9.17) is 10.3 Å². The highest BCUT2D eigenvalue weighted by Crippen LogP contribution is 2.30. The fraction of sp³-hybridized carbons (Fsp3) is 0.167. The van der Waals surface area contributed by atoms with Crippen LogP contribution in [0.2, 0.25) is 0 Å². The number of ether oxygens (including phenoxy) is 1. The van der Waals surface area contributed by atoms with Crippen LogP contribution in [0, 0.1) is 0 Å². The first-order valence-corrected chi connectivity index (χ1v) is 9.51. The molecule has 0 aliphatic rings. The normalized spacial score (nSPS) is 12.3. The minimum atomic E-state index is -0.614. The van der Waals surface area contributed by atoms with Crippen LogP contribution >= 0.6 is 0 Å². The van der Waals surface area contributed by atoms with Crippen molar-refractivity contribution in [1.82, 2.24) is 0 Å². The lowest BCUT2D eigenvalue weighted by molar-refractivity contribution is -0.149. The first-order valence-electron chi connectivity index (χ1n) is 9.51. The number of benzene rings is 3. The summed E-state index contributed by atoms with van der Waals surface area (Å²) in [6.45, 7) is 3.25. The maximum atomic E-state index is 13.0. The third kappa shape index (κ3) is 4.93. The summed E-state index contributed by atoms with van der Waals surface area (Å²) in [6, 6.07) is 23.4. The second kappa shape index (κ2) is 9.54. The van der Waals surface area contributed by atoms with E-state index in [0.717, 1.165) is 16.7 Å². The molecule has 0 aliphatic heterocycles. The van der Waals surface area contributed by atoms with Gasteiger partial charge >= 0.3 is 5.97 Å². The van der Waals surface area contributed by atoms with E-state index in [1.165, 1.54) is 6.92 Å². The number of nitrogens with zero attached hydrogens (tertiary/aromatic N) is 3. The number of carbonyl (C=O) groups is 2. The monoisotopic (exact) mass is 399 g/mol. The molecule has 0 bridgehead atoms. The Kier molecular flexibility index (Phi) is 6.63. The Labute approximate surface area is 174 Å². The van der Waals surface area contributed by atoms with Crippen molar-refractivity contribution >= 4 is 17.4 Å². The van der Waals surface area contributed by atoms with E-state index in [2.05, 4.69) is 10.0 Å². The standard InChI is InChI=1S/C24H21N3O3/c1-16(20-9-6-10-21(15-20)17(2)28)24(29)30-23(18-7-4-3-5-8-18)19-11-13-22(14-12-19)26-27-25/h3-16,23H,1-2H3. The van der Waals surface area contributed by atoms with Gasteiger partial charge in [0.2, 0.25) is 0 Å². The highest BCUT2D eigenvalue weighted by Gasteiger charge is 2.24.